The number of aromatic nitrogens is 1. The Morgan fingerprint density at radius 1 is 0.974 bits per heavy atom. The van der Waals surface area contributed by atoms with Crippen LogP contribution in [0.1, 0.15) is 28.7 Å². The molecule has 0 aliphatic carbocycles. The zero-order valence-corrected chi connectivity index (χ0v) is 21.4. The van der Waals surface area contributed by atoms with Crippen LogP contribution < -0.4 is 4.72 Å². The molecular formula is C29H26N2O6S. The lowest BCUT2D eigenvalue weighted by Gasteiger charge is -2.14. The van der Waals surface area contributed by atoms with E-state index in [1.54, 1.807) is 18.3 Å². The third kappa shape index (κ3) is 6.68. The van der Waals surface area contributed by atoms with Gasteiger partial charge in [-0.05, 0) is 60.0 Å². The van der Waals surface area contributed by atoms with Gasteiger partial charge in [0.2, 0.25) is 10.0 Å². The number of aryl methyl sites for hydroxylation is 1. The van der Waals surface area contributed by atoms with Gasteiger partial charge in [0.25, 0.3) is 0 Å². The number of sulfonamides is 1. The first kappa shape index (κ1) is 26.7. The molecule has 9 heteroatoms. The molecule has 0 fully saturated rings. The van der Waals surface area contributed by atoms with Gasteiger partial charge in [-0.25, -0.2) is 8.42 Å². The number of H-pyrrole nitrogens is 1. The standard InChI is InChI=1S/C29H26N2O6S/c1-37-28(32)17-14-21-9-6-20(7-10-21)8-11-22-12-15-24(16-13-22)38(35,36)31-27(29(33)34)18-23-19-30-26-5-3-2-4-25(23)26/h2-7,9-10,12-13,15-16,19,27,30-31H,14,17-18H2,1H3,(H,33,34)/t27-/m1/s1. The molecule has 194 valence electrons. The van der Waals surface area contributed by atoms with Crippen LogP contribution in [0.3, 0.4) is 0 Å². The van der Waals surface area contributed by atoms with E-state index in [4.69, 9.17) is 0 Å². The van der Waals surface area contributed by atoms with Crippen molar-refractivity contribution in [1.82, 2.24) is 9.71 Å². The molecular weight excluding hydrogens is 504 g/mol. The van der Waals surface area contributed by atoms with E-state index in [1.165, 1.54) is 19.2 Å². The maximum Gasteiger partial charge on any atom is 0.322 e. The summed E-state index contributed by atoms with van der Waals surface area (Å²) in [4.78, 5) is 26.2. The highest BCUT2D eigenvalue weighted by Crippen LogP contribution is 2.20. The van der Waals surface area contributed by atoms with Crippen LogP contribution >= 0.6 is 0 Å². The van der Waals surface area contributed by atoms with Crippen LogP contribution in [-0.2, 0) is 37.2 Å². The third-order valence-corrected chi connectivity index (χ3v) is 7.50. The number of aliphatic carboxylic acids is 1. The van der Waals surface area contributed by atoms with E-state index in [0.717, 1.165) is 22.0 Å². The second kappa shape index (κ2) is 11.8. The van der Waals surface area contributed by atoms with Crippen LogP contribution in [0.5, 0.6) is 0 Å². The molecule has 0 amide bonds. The van der Waals surface area contributed by atoms with Gasteiger partial charge in [-0.2, -0.15) is 4.72 Å². The van der Waals surface area contributed by atoms with Crippen molar-refractivity contribution in [2.75, 3.05) is 7.11 Å². The fourth-order valence-electron chi connectivity index (χ4n) is 3.92. The smallest absolute Gasteiger partial charge is 0.322 e. The lowest BCUT2D eigenvalue weighted by Crippen LogP contribution is -2.42. The van der Waals surface area contributed by atoms with Crippen molar-refractivity contribution in [3.63, 3.8) is 0 Å². The van der Waals surface area contributed by atoms with E-state index >= 15 is 0 Å². The first-order valence-electron chi connectivity index (χ1n) is 11.8. The van der Waals surface area contributed by atoms with Gasteiger partial charge >= 0.3 is 11.9 Å². The summed E-state index contributed by atoms with van der Waals surface area (Å²) >= 11 is 0. The Morgan fingerprint density at radius 3 is 2.24 bits per heavy atom. The number of carbonyl (C=O) groups excluding carboxylic acids is 1. The summed E-state index contributed by atoms with van der Waals surface area (Å²) in [5.74, 6) is 4.48. The molecule has 3 N–H and O–H groups in total. The number of esters is 1. The van der Waals surface area contributed by atoms with E-state index in [1.807, 2.05) is 48.5 Å². The molecule has 1 aromatic heterocycles. The molecule has 4 rings (SSSR count). The van der Waals surface area contributed by atoms with Crippen LogP contribution in [0.15, 0.2) is 83.9 Å². The molecule has 0 radical (unpaired) electrons. The Hall–Kier alpha value is -4.39. The van der Waals surface area contributed by atoms with E-state index in [9.17, 15) is 23.1 Å². The van der Waals surface area contributed by atoms with Gasteiger partial charge < -0.3 is 14.8 Å². The van der Waals surface area contributed by atoms with Crippen molar-refractivity contribution in [3.05, 3.63) is 101 Å². The van der Waals surface area contributed by atoms with Crippen LogP contribution in [0.2, 0.25) is 0 Å². The summed E-state index contributed by atoms with van der Waals surface area (Å²) in [6.07, 6.45) is 2.57. The number of aromatic amines is 1. The Kier molecular flexibility index (Phi) is 8.26. The predicted octanol–water partition coefficient (Wildman–Crippen LogP) is 3.65. The van der Waals surface area contributed by atoms with Crippen molar-refractivity contribution >= 4 is 32.9 Å². The molecule has 1 atom stereocenters. The fraction of sp³-hybridized carbons (Fsp3) is 0.172. The monoisotopic (exact) mass is 530 g/mol. The van der Waals surface area contributed by atoms with Crippen molar-refractivity contribution in [1.29, 1.82) is 0 Å². The molecule has 3 aromatic carbocycles. The number of benzene rings is 3. The molecule has 0 aliphatic heterocycles. The Labute approximate surface area is 220 Å². The summed E-state index contributed by atoms with van der Waals surface area (Å²) in [6.45, 7) is 0. The molecule has 0 saturated heterocycles. The Bertz CT molecular complexity index is 1610. The topological polar surface area (TPSA) is 126 Å². The van der Waals surface area contributed by atoms with Crippen LogP contribution in [0, 0.1) is 11.8 Å². The number of hydrogen-bond acceptors (Lipinski definition) is 5. The van der Waals surface area contributed by atoms with Gasteiger partial charge in [-0.1, -0.05) is 42.2 Å². The first-order valence-corrected chi connectivity index (χ1v) is 13.3. The highest BCUT2D eigenvalue weighted by molar-refractivity contribution is 7.89. The highest BCUT2D eigenvalue weighted by atomic mass is 32.2. The number of ether oxygens (including phenoxy) is 1. The summed E-state index contributed by atoms with van der Waals surface area (Å²) in [5, 5.41) is 10.5. The fourth-order valence-corrected chi connectivity index (χ4v) is 5.11. The third-order valence-electron chi connectivity index (χ3n) is 6.01. The summed E-state index contributed by atoms with van der Waals surface area (Å²) in [7, 11) is -2.73. The predicted molar refractivity (Wildman–Crippen MR) is 143 cm³/mol. The largest absolute Gasteiger partial charge is 0.480 e. The number of methoxy groups -OCH3 is 1. The summed E-state index contributed by atoms with van der Waals surface area (Å²) in [5.41, 5.74) is 3.92. The second-order valence-electron chi connectivity index (χ2n) is 8.62. The van der Waals surface area contributed by atoms with Gasteiger partial charge in [0, 0.05) is 41.1 Å². The number of carboxylic acid groups (broad SMARTS) is 1. The van der Waals surface area contributed by atoms with Crippen molar-refractivity contribution in [2.45, 2.75) is 30.2 Å². The number of carboxylic acids is 1. The minimum absolute atomic E-state index is 0.0103. The lowest BCUT2D eigenvalue weighted by atomic mass is 10.1. The second-order valence-corrected chi connectivity index (χ2v) is 10.3. The molecule has 0 bridgehead atoms. The molecule has 0 spiro atoms. The van der Waals surface area contributed by atoms with Crippen LogP contribution in [0.25, 0.3) is 10.9 Å². The van der Waals surface area contributed by atoms with Crippen molar-refractivity contribution in [2.24, 2.45) is 0 Å². The normalized spacial score (nSPS) is 11.9. The zero-order valence-electron chi connectivity index (χ0n) is 20.6. The van der Waals surface area contributed by atoms with Gasteiger partial charge in [-0.15, -0.1) is 0 Å². The van der Waals surface area contributed by atoms with Crippen LogP contribution in [-0.4, -0.2) is 43.6 Å². The minimum Gasteiger partial charge on any atom is -0.480 e. The molecule has 8 nitrogen and oxygen atoms in total. The van der Waals surface area contributed by atoms with Crippen LogP contribution in [0.4, 0.5) is 0 Å². The summed E-state index contributed by atoms with van der Waals surface area (Å²) in [6, 6.07) is 19.5. The molecule has 38 heavy (non-hydrogen) atoms. The molecule has 4 aromatic rings. The highest BCUT2D eigenvalue weighted by Gasteiger charge is 2.26. The molecule has 1 heterocycles. The molecule has 0 unspecified atom stereocenters. The summed E-state index contributed by atoms with van der Waals surface area (Å²) < 4.78 is 32.8. The van der Waals surface area contributed by atoms with E-state index in [0.29, 0.717) is 24.0 Å². The number of hydrogen-bond donors (Lipinski definition) is 3. The first-order chi connectivity index (χ1) is 18.2. The van der Waals surface area contributed by atoms with Gasteiger partial charge in [0.15, 0.2) is 0 Å². The SMILES string of the molecule is COC(=O)CCc1ccc(C#Cc2ccc(S(=O)(=O)N[C@H](Cc3c[nH]c4ccccc34)C(=O)O)cc2)cc1. The Morgan fingerprint density at radius 2 is 1.61 bits per heavy atom. The number of nitrogens with one attached hydrogen (secondary N) is 2. The van der Waals surface area contributed by atoms with Crippen molar-refractivity contribution < 1.29 is 27.9 Å². The maximum atomic E-state index is 12.9. The van der Waals surface area contributed by atoms with Gasteiger partial charge in [0.1, 0.15) is 6.04 Å². The number of carbonyl (C=O) groups is 2. The average Bonchev–Trinajstić information content (AvgIpc) is 3.33. The van der Waals surface area contributed by atoms with Gasteiger partial charge in [-0.3, -0.25) is 9.59 Å². The average molecular weight is 531 g/mol. The van der Waals surface area contributed by atoms with Crippen molar-refractivity contribution in [3.8, 4) is 11.8 Å². The van der Waals surface area contributed by atoms with E-state index in [-0.39, 0.29) is 17.3 Å². The molecule has 0 saturated carbocycles. The number of fused-ring (bicyclic) bond motifs is 1. The van der Waals surface area contributed by atoms with Gasteiger partial charge in [0.05, 0.1) is 12.0 Å². The number of rotatable bonds is 9. The zero-order chi connectivity index (χ0) is 27.1. The molecule has 0 aliphatic rings. The minimum atomic E-state index is -4.09. The Balaban J connectivity index is 1.42. The maximum absolute atomic E-state index is 12.9. The van der Waals surface area contributed by atoms with E-state index < -0.39 is 22.0 Å². The number of para-hydroxylation sites is 1. The quantitative estimate of drug-likeness (QED) is 0.224. The lowest BCUT2D eigenvalue weighted by molar-refractivity contribution is -0.140. The van der Waals surface area contributed by atoms with E-state index in [2.05, 4.69) is 26.3 Å².